The molecular formula is C16H18FN5S. The highest BCUT2D eigenvalue weighted by Crippen LogP contribution is 2.28. The van der Waals surface area contributed by atoms with Crippen molar-refractivity contribution in [3.05, 3.63) is 42.0 Å². The number of anilines is 1. The van der Waals surface area contributed by atoms with E-state index in [0.29, 0.717) is 5.75 Å². The Morgan fingerprint density at radius 2 is 2.00 bits per heavy atom. The van der Waals surface area contributed by atoms with Crippen LogP contribution in [0.25, 0.3) is 11.2 Å². The highest BCUT2D eigenvalue weighted by molar-refractivity contribution is 7.98. The molecule has 0 atom stereocenters. The van der Waals surface area contributed by atoms with Gasteiger partial charge in [0.1, 0.15) is 16.4 Å². The number of rotatable bonds is 6. The molecule has 2 N–H and O–H groups in total. The summed E-state index contributed by atoms with van der Waals surface area (Å²) in [7, 11) is 0. The van der Waals surface area contributed by atoms with Crippen LogP contribution >= 0.6 is 11.8 Å². The van der Waals surface area contributed by atoms with E-state index in [1.807, 2.05) is 4.57 Å². The Bertz CT molecular complexity index is 800. The van der Waals surface area contributed by atoms with Gasteiger partial charge in [-0.2, -0.15) is 4.98 Å². The standard InChI is InChI=1S/C16H18FN5S/c1-2-3-8-22-10-19-13-14(22)20-16(18)21-15(13)23-9-11-4-6-12(17)7-5-11/h4-7,10H,2-3,8-9H2,1H3,(H2,18,20,21). The summed E-state index contributed by atoms with van der Waals surface area (Å²) in [6.07, 6.45) is 3.95. The fraction of sp³-hybridized carbons (Fsp3) is 0.312. The molecule has 0 radical (unpaired) electrons. The lowest BCUT2D eigenvalue weighted by molar-refractivity contribution is 0.627. The van der Waals surface area contributed by atoms with Gasteiger partial charge in [0.2, 0.25) is 5.95 Å². The number of nitrogens with zero attached hydrogens (tertiary/aromatic N) is 4. The maximum atomic E-state index is 13.0. The number of nitrogen functional groups attached to an aromatic ring is 1. The second-order valence-electron chi connectivity index (χ2n) is 5.27. The van der Waals surface area contributed by atoms with Crippen LogP contribution < -0.4 is 5.73 Å². The minimum absolute atomic E-state index is 0.234. The van der Waals surface area contributed by atoms with Crippen LogP contribution in [0.3, 0.4) is 0 Å². The molecule has 0 bridgehead atoms. The maximum absolute atomic E-state index is 13.0. The van der Waals surface area contributed by atoms with E-state index in [-0.39, 0.29) is 11.8 Å². The lowest BCUT2D eigenvalue weighted by Gasteiger charge is -2.05. The van der Waals surface area contributed by atoms with Crippen molar-refractivity contribution in [2.24, 2.45) is 0 Å². The number of imidazole rings is 1. The summed E-state index contributed by atoms with van der Waals surface area (Å²) < 4.78 is 15.0. The molecule has 5 nitrogen and oxygen atoms in total. The van der Waals surface area contributed by atoms with Gasteiger partial charge >= 0.3 is 0 Å². The van der Waals surface area contributed by atoms with Gasteiger partial charge in [-0.1, -0.05) is 37.2 Å². The zero-order valence-corrected chi connectivity index (χ0v) is 13.7. The maximum Gasteiger partial charge on any atom is 0.223 e. The summed E-state index contributed by atoms with van der Waals surface area (Å²) in [6.45, 7) is 3.01. The third kappa shape index (κ3) is 3.61. The number of hydrogen-bond donors (Lipinski definition) is 1. The summed E-state index contributed by atoms with van der Waals surface area (Å²) in [4.78, 5) is 13.1. The monoisotopic (exact) mass is 331 g/mol. The van der Waals surface area contributed by atoms with Gasteiger partial charge in [0, 0.05) is 12.3 Å². The van der Waals surface area contributed by atoms with Crippen LogP contribution in [0, 0.1) is 5.82 Å². The van der Waals surface area contributed by atoms with E-state index in [0.717, 1.165) is 41.1 Å². The molecule has 0 aliphatic carbocycles. The van der Waals surface area contributed by atoms with Crippen LogP contribution in [0.4, 0.5) is 10.3 Å². The molecule has 120 valence electrons. The number of unbranched alkanes of at least 4 members (excludes halogenated alkanes) is 1. The molecule has 0 aliphatic heterocycles. The van der Waals surface area contributed by atoms with Crippen LogP contribution in [0.15, 0.2) is 35.6 Å². The third-order valence-electron chi connectivity index (χ3n) is 3.49. The first-order valence-corrected chi connectivity index (χ1v) is 8.51. The van der Waals surface area contributed by atoms with Gasteiger partial charge in [-0.15, -0.1) is 0 Å². The molecule has 0 saturated carbocycles. The van der Waals surface area contributed by atoms with E-state index in [1.165, 1.54) is 23.9 Å². The van der Waals surface area contributed by atoms with Gasteiger partial charge in [-0.3, -0.25) is 0 Å². The molecule has 0 amide bonds. The van der Waals surface area contributed by atoms with Gasteiger partial charge < -0.3 is 10.3 Å². The highest BCUT2D eigenvalue weighted by atomic mass is 32.2. The summed E-state index contributed by atoms with van der Waals surface area (Å²) in [5.41, 5.74) is 8.40. The number of thioether (sulfide) groups is 1. The Morgan fingerprint density at radius 3 is 2.74 bits per heavy atom. The Labute approximate surface area is 138 Å². The second kappa shape index (κ2) is 6.95. The number of benzene rings is 1. The number of halogens is 1. The smallest absolute Gasteiger partial charge is 0.223 e. The lowest BCUT2D eigenvalue weighted by Crippen LogP contribution is -2.02. The molecule has 3 aromatic rings. The number of nitrogens with two attached hydrogens (primary N) is 1. The van der Waals surface area contributed by atoms with Crippen LogP contribution in [0.2, 0.25) is 0 Å². The van der Waals surface area contributed by atoms with E-state index in [2.05, 4.69) is 21.9 Å². The fourth-order valence-electron chi connectivity index (χ4n) is 2.26. The Kier molecular flexibility index (Phi) is 4.76. The summed E-state index contributed by atoms with van der Waals surface area (Å²) in [5, 5.41) is 0.757. The fourth-order valence-corrected chi connectivity index (χ4v) is 3.19. The minimum Gasteiger partial charge on any atom is -0.368 e. The second-order valence-corrected chi connectivity index (χ2v) is 6.23. The summed E-state index contributed by atoms with van der Waals surface area (Å²) in [6, 6.07) is 6.45. The summed E-state index contributed by atoms with van der Waals surface area (Å²) in [5.74, 6) is 0.688. The number of aromatic nitrogens is 4. The molecule has 0 fully saturated rings. The molecule has 2 heterocycles. The van der Waals surface area contributed by atoms with Gasteiger partial charge in [0.05, 0.1) is 6.33 Å². The average Bonchev–Trinajstić information content (AvgIpc) is 2.95. The third-order valence-corrected chi connectivity index (χ3v) is 4.53. The molecule has 0 aliphatic rings. The SMILES string of the molecule is CCCCn1cnc2c(SCc3ccc(F)cc3)nc(N)nc21. The zero-order chi connectivity index (χ0) is 16.2. The molecule has 23 heavy (non-hydrogen) atoms. The van der Waals surface area contributed by atoms with Gasteiger partial charge in [-0.05, 0) is 24.1 Å². The van der Waals surface area contributed by atoms with E-state index in [9.17, 15) is 4.39 Å². The van der Waals surface area contributed by atoms with Crippen LogP contribution in [-0.2, 0) is 12.3 Å². The Hall–Kier alpha value is -2.15. The van der Waals surface area contributed by atoms with E-state index in [1.54, 1.807) is 18.5 Å². The quantitative estimate of drug-likeness (QED) is 0.551. The van der Waals surface area contributed by atoms with E-state index >= 15 is 0 Å². The van der Waals surface area contributed by atoms with Crippen molar-refractivity contribution in [1.82, 2.24) is 19.5 Å². The van der Waals surface area contributed by atoms with Crippen molar-refractivity contribution in [3.8, 4) is 0 Å². The van der Waals surface area contributed by atoms with Crippen LogP contribution in [0.5, 0.6) is 0 Å². The van der Waals surface area contributed by atoms with Gasteiger partial charge in [0.25, 0.3) is 0 Å². The lowest BCUT2D eigenvalue weighted by atomic mass is 10.2. The van der Waals surface area contributed by atoms with E-state index < -0.39 is 0 Å². The number of fused-ring (bicyclic) bond motifs is 1. The first kappa shape index (κ1) is 15.7. The average molecular weight is 331 g/mol. The van der Waals surface area contributed by atoms with Gasteiger partial charge in [0.15, 0.2) is 5.65 Å². The Morgan fingerprint density at radius 1 is 1.22 bits per heavy atom. The van der Waals surface area contributed by atoms with Crippen molar-refractivity contribution in [1.29, 1.82) is 0 Å². The topological polar surface area (TPSA) is 69.6 Å². The summed E-state index contributed by atoms with van der Waals surface area (Å²) >= 11 is 1.53. The first-order valence-electron chi connectivity index (χ1n) is 7.53. The van der Waals surface area contributed by atoms with Crippen LogP contribution in [-0.4, -0.2) is 19.5 Å². The zero-order valence-electron chi connectivity index (χ0n) is 12.9. The van der Waals surface area contributed by atoms with Crippen LogP contribution in [0.1, 0.15) is 25.3 Å². The molecule has 3 rings (SSSR count). The first-order chi connectivity index (χ1) is 11.2. The Balaban J connectivity index is 1.85. The molecular weight excluding hydrogens is 313 g/mol. The molecule has 0 saturated heterocycles. The molecule has 2 aromatic heterocycles. The number of hydrogen-bond acceptors (Lipinski definition) is 5. The van der Waals surface area contributed by atoms with Crippen molar-refractivity contribution >= 4 is 28.9 Å². The normalized spacial score (nSPS) is 11.2. The molecule has 0 spiro atoms. The van der Waals surface area contributed by atoms with Crippen molar-refractivity contribution in [2.75, 3.05) is 5.73 Å². The molecule has 7 heteroatoms. The predicted molar refractivity (Wildman–Crippen MR) is 90.6 cm³/mol. The minimum atomic E-state index is -0.234. The largest absolute Gasteiger partial charge is 0.368 e. The molecule has 0 unspecified atom stereocenters. The number of aryl methyl sites for hydroxylation is 1. The van der Waals surface area contributed by atoms with Gasteiger partial charge in [-0.25, -0.2) is 14.4 Å². The van der Waals surface area contributed by atoms with Crippen molar-refractivity contribution in [2.45, 2.75) is 37.1 Å². The van der Waals surface area contributed by atoms with E-state index in [4.69, 9.17) is 5.73 Å². The van der Waals surface area contributed by atoms with Crippen molar-refractivity contribution < 1.29 is 4.39 Å². The molecule has 1 aromatic carbocycles. The van der Waals surface area contributed by atoms with Crippen molar-refractivity contribution in [3.63, 3.8) is 0 Å². The predicted octanol–water partition coefficient (Wildman–Crippen LogP) is 3.64. The highest BCUT2D eigenvalue weighted by Gasteiger charge is 2.12.